The highest BCUT2D eigenvalue weighted by Crippen LogP contribution is 2.20. The fourth-order valence-corrected chi connectivity index (χ4v) is 3.76. The second-order valence-corrected chi connectivity index (χ2v) is 7.94. The molecule has 0 fully saturated rings. The summed E-state index contributed by atoms with van der Waals surface area (Å²) < 4.78 is 27.7. The lowest BCUT2D eigenvalue weighted by molar-refractivity contribution is 0.102. The summed E-state index contributed by atoms with van der Waals surface area (Å²) in [5.41, 5.74) is 2.88. The van der Waals surface area contributed by atoms with Crippen molar-refractivity contribution in [2.45, 2.75) is 18.4 Å². The molecule has 6 nitrogen and oxygen atoms in total. The fraction of sp³-hybridized carbons (Fsp3) is 0.0952. The molecule has 0 aliphatic heterocycles. The molecule has 0 saturated heterocycles. The van der Waals surface area contributed by atoms with Crippen LogP contribution in [0.25, 0.3) is 0 Å². The number of benzene rings is 3. The first-order valence-corrected chi connectivity index (χ1v) is 10.1. The van der Waals surface area contributed by atoms with E-state index in [9.17, 15) is 13.2 Å². The van der Waals surface area contributed by atoms with Crippen molar-refractivity contribution in [2.75, 3.05) is 10.0 Å². The van der Waals surface area contributed by atoms with Gasteiger partial charge in [0.2, 0.25) is 0 Å². The Hall–Kier alpha value is -3.16. The van der Waals surface area contributed by atoms with Crippen molar-refractivity contribution in [3.05, 3.63) is 89.5 Å². The van der Waals surface area contributed by atoms with Crippen molar-refractivity contribution in [2.24, 2.45) is 0 Å². The molecule has 0 aliphatic rings. The molecule has 1 amide bonds. The van der Waals surface area contributed by atoms with E-state index < -0.39 is 10.0 Å². The number of aliphatic hydroxyl groups excluding tert-OH is 1. The van der Waals surface area contributed by atoms with Crippen LogP contribution in [0.4, 0.5) is 11.4 Å². The zero-order chi connectivity index (χ0) is 20.1. The highest BCUT2D eigenvalue weighted by atomic mass is 32.2. The minimum Gasteiger partial charge on any atom is -0.392 e. The second-order valence-electron chi connectivity index (χ2n) is 6.26. The normalized spacial score (nSPS) is 11.1. The number of nitrogens with one attached hydrogen (secondary N) is 2. The van der Waals surface area contributed by atoms with Gasteiger partial charge < -0.3 is 10.4 Å². The Labute approximate surface area is 163 Å². The Bertz CT molecular complexity index is 1090. The van der Waals surface area contributed by atoms with E-state index >= 15 is 0 Å². The summed E-state index contributed by atoms with van der Waals surface area (Å²) in [5, 5.41) is 11.9. The molecule has 0 bridgehead atoms. The van der Waals surface area contributed by atoms with E-state index in [4.69, 9.17) is 5.11 Å². The Morgan fingerprint density at radius 2 is 1.68 bits per heavy atom. The van der Waals surface area contributed by atoms with Crippen LogP contribution in [0.3, 0.4) is 0 Å². The van der Waals surface area contributed by atoms with Gasteiger partial charge in [-0.1, -0.05) is 30.3 Å². The fourth-order valence-electron chi connectivity index (χ4n) is 2.63. The molecular weight excluding hydrogens is 376 g/mol. The maximum Gasteiger partial charge on any atom is 0.261 e. The van der Waals surface area contributed by atoms with Crippen molar-refractivity contribution >= 4 is 27.3 Å². The van der Waals surface area contributed by atoms with Crippen molar-refractivity contribution in [1.82, 2.24) is 0 Å². The predicted molar refractivity (Wildman–Crippen MR) is 109 cm³/mol. The van der Waals surface area contributed by atoms with Crippen LogP contribution in [0.15, 0.2) is 77.7 Å². The van der Waals surface area contributed by atoms with E-state index in [0.717, 1.165) is 5.56 Å². The standard InChI is InChI=1S/C21H20N2O4S/c1-15-5-2-3-8-20(15)23-28(26,27)19-11-9-17(10-12-19)21(25)22-18-7-4-6-16(13-18)14-24/h2-13,23-24H,14H2,1H3,(H,22,25). The van der Waals surface area contributed by atoms with E-state index in [1.807, 2.05) is 19.1 Å². The smallest absolute Gasteiger partial charge is 0.261 e. The number of anilines is 2. The molecule has 3 rings (SSSR count). The van der Waals surface area contributed by atoms with Gasteiger partial charge in [-0.3, -0.25) is 9.52 Å². The number of rotatable bonds is 6. The van der Waals surface area contributed by atoms with Gasteiger partial charge in [0.1, 0.15) is 0 Å². The highest BCUT2D eigenvalue weighted by Gasteiger charge is 2.16. The first-order valence-electron chi connectivity index (χ1n) is 8.59. The van der Waals surface area contributed by atoms with Gasteiger partial charge >= 0.3 is 0 Å². The zero-order valence-electron chi connectivity index (χ0n) is 15.2. The van der Waals surface area contributed by atoms with Gasteiger partial charge in [0.15, 0.2) is 0 Å². The number of amides is 1. The van der Waals surface area contributed by atoms with Crippen molar-refractivity contribution in [3.63, 3.8) is 0 Å². The van der Waals surface area contributed by atoms with Crippen LogP contribution in [0.2, 0.25) is 0 Å². The van der Waals surface area contributed by atoms with Crippen LogP contribution < -0.4 is 10.0 Å². The van der Waals surface area contributed by atoms with E-state index in [-0.39, 0.29) is 17.4 Å². The first-order chi connectivity index (χ1) is 13.4. The minimum absolute atomic E-state index is 0.0644. The number of carbonyl (C=O) groups is 1. The molecule has 0 spiro atoms. The molecule has 0 saturated carbocycles. The summed E-state index contributed by atoms with van der Waals surface area (Å²) in [5.74, 6) is -0.370. The lowest BCUT2D eigenvalue weighted by Gasteiger charge is -2.11. The Morgan fingerprint density at radius 1 is 0.964 bits per heavy atom. The molecule has 7 heteroatoms. The third-order valence-corrected chi connectivity index (χ3v) is 5.57. The lowest BCUT2D eigenvalue weighted by atomic mass is 10.2. The molecule has 0 aliphatic carbocycles. The van der Waals surface area contributed by atoms with Crippen LogP contribution in [0, 0.1) is 6.92 Å². The molecular formula is C21H20N2O4S. The SMILES string of the molecule is Cc1ccccc1NS(=O)(=O)c1ccc(C(=O)Nc2cccc(CO)c2)cc1. The van der Waals surface area contributed by atoms with E-state index in [2.05, 4.69) is 10.0 Å². The molecule has 28 heavy (non-hydrogen) atoms. The maximum absolute atomic E-state index is 12.6. The number of aliphatic hydroxyl groups is 1. The summed E-state index contributed by atoms with van der Waals surface area (Å²) in [6, 6.07) is 19.6. The molecule has 144 valence electrons. The number of aryl methyl sites for hydroxylation is 1. The maximum atomic E-state index is 12.6. The molecule has 0 atom stereocenters. The Kier molecular flexibility index (Phi) is 5.77. The van der Waals surface area contributed by atoms with Crippen LogP contribution in [0.5, 0.6) is 0 Å². The molecule has 0 radical (unpaired) electrons. The molecule has 3 aromatic rings. The molecule has 0 unspecified atom stereocenters. The molecule has 3 N–H and O–H groups in total. The van der Waals surface area contributed by atoms with Crippen LogP contribution in [-0.4, -0.2) is 19.4 Å². The van der Waals surface area contributed by atoms with Crippen molar-refractivity contribution in [3.8, 4) is 0 Å². The highest BCUT2D eigenvalue weighted by molar-refractivity contribution is 7.92. The quantitative estimate of drug-likeness (QED) is 0.594. The van der Waals surface area contributed by atoms with Gasteiger partial charge in [-0.2, -0.15) is 0 Å². The zero-order valence-corrected chi connectivity index (χ0v) is 16.0. The Balaban J connectivity index is 1.75. The summed E-state index contributed by atoms with van der Waals surface area (Å²) in [6.45, 7) is 1.70. The second kappa shape index (κ2) is 8.24. The average molecular weight is 396 g/mol. The van der Waals surface area contributed by atoms with E-state index in [0.29, 0.717) is 22.5 Å². The van der Waals surface area contributed by atoms with Crippen molar-refractivity contribution < 1.29 is 18.3 Å². The van der Waals surface area contributed by atoms with E-state index in [1.54, 1.807) is 36.4 Å². The largest absolute Gasteiger partial charge is 0.392 e. The topological polar surface area (TPSA) is 95.5 Å². The molecule has 3 aromatic carbocycles. The number of hydrogen-bond acceptors (Lipinski definition) is 4. The van der Waals surface area contributed by atoms with Gasteiger partial charge in [-0.25, -0.2) is 8.42 Å². The predicted octanol–water partition coefficient (Wildman–Crippen LogP) is 3.54. The summed E-state index contributed by atoms with van der Waals surface area (Å²) in [4.78, 5) is 12.4. The van der Waals surface area contributed by atoms with Gasteiger partial charge in [0.25, 0.3) is 15.9 Å². The molecule has 0 heterocycles. The third-order valence-electron chi connectivity index (χ3n) is 4.18. The average Bonchev–Trinajstić information content (AvgIpc) is 2.70. The first kappa shape index (κ1) is 19.6. The summed E-state index contributed by atoms with van der Waals surface area (Å²) in [6.07, 6.45) is 0. The van der Waals surface area contributed by atoms with Crippen LogP contribution in [0.1, 0.15) is 21.5 Å². The minimum atomic E-state index is -3.76. The molecule has 0 aromatic heterocycles. The van der Waals surface area contributed by atoms with Crippen LogP contribution >= 0.6 is 0 Å². The van der Waals surface area contributed by atoms with Crippen LogP contribution in [-0.2, 0) is 16.6 Å². The lowest BCUT2D eigenvalue weighted by Crippen LogP contribution is -2.15. The summed E-state index contributed by atoms with van der Waals surface area (Å²) >= 11 is 0. The van der Waals surface area contributed by atoms with Gasteiger partial charge in [-0.15, -0.1) is 0 Å². The number of sulfonamides is 1. The Morgan fingerprint density at radius 3 is 2.36 bits per heavy atom. The van der Waals surface area contributed by atoms with Gasteiger partial charge in [0, 0.05) is 11.3 Å². The summed E-state index contributed by atoms with van der Waals surface area (Å²) in [7, 11) is -3.76. The number of hydrogen-bond donors (Lipinski definition) is 3. The van der Waals surface area contributed by atoms with E-state index in [1.165, 1.54) is 24.3 Å². The van der Waals surface area contributed by atoms with Gasteiger partial charge in [-0.05, 0) is 60.5 Å². The number of carbonyl (C=O) groups excluding carboxylic acids is 1. The van der Waals surface area contributed by atoms with Gasteiger partial charge in [0.05, 0.1) is 17.2 Å². The monoisotopic (exact) mass is 396 g/mol. The van der Waals surface area contributed by atoms with Crippen molar-refractivity contribution in [1.29, 1.82) is 0 Å². The third kappa shape index (κ3) is 4.57. The number of para-hydroxylation sites is 1.